The molecule has 0 saturated carbocycles. The molecule has 0 fully saturated rings. The Hall–Kier alpha value is -0.950. The van der Waals surface area contributed by atoms with Crippen LogP contribution in [0.2, 0.25) is 0 Å². The maximum absolute atomic E-state index is 11.5. The molecule has 0 aliphatic rings. The Morgan fingerprint density at radius 2 is 1.77 bits per heavy atom. The summed E-state index contributed by atoms with van der Waals surface area (Å²) in [5, 5.41) is 10.5. The number of hydrogen-bond donors (Lipinski definition) is 1. The lowest BCUT2D eigenvalue weighted by Gasteiger charge is -2.32. The van der Waals surface area contributed by atoms with E-state index >= 15 is 0 Å². The molecular formula is C16H26O5S. The molecule has 0 heterocycles. The Labute approximate surface area is 133 Å². The van der Waals surface area contributed by atoms with Crippen LogP contribution in [0.15, 0.2) is 29.2 Å². The van der Waals surface area contributed by atoms with E-state index in [4.69, 9.17) is 9.47 Å². The molecule has 0 amide bonds. The maximum atomic E-state index is 11.5. The van der Waals surface area contributed by atoms with E-state index in [0.29, 0.717) is 26.2 Å². The van der Waals surface area contributed by atoms with Crippen molar-refractivity contribution in [3.05, 3.63) is 29.8 Å². The maximum Gasteiger partial charge on any atom is 0.175 e. The highest BCUT2D eigenvalue weighted by Crippen LogP contribution is 2.32. The normalized spacial score (nSPS) is 16.2. The van der Waals surface area contributed by atoms with Crippen molar-refractivity contribution in [2.75, 3.05) is 26.1 Å². The monoisotopic (exact) mass is 330 g/mol. The second-order valence-electron chi connectivity index (χ2n) is 5.50. The van der Waals surface area contributed by atoms with Gasteiger partial charge in [0.1, 0.15) is 6.10 Å². The number of ether oxygens (including phenoxy) is 2. The lowest BCUT2D eigenvalue weighted by molar-refractivity contribution is -0.112. The topological polar surface area (TPSA) is 72.8 Å². The molecule has 0 saturated heterocycles. The van der Waals surface area contributed by atoms with Crippen molar-refractivity contribution >= 4 is 9.84 Å². The average Bonchev–Trinajstić information content (AvgIpc) is 2.46. The molecule has 1 aromatic rings. The fraction of sp³-hybridized carbons (Fsp3) is 0.625. The van der Waals surface area contributed by atoms with E-state index in [-0.39, 0.29) is 4.90 Å². The number of benzene rings is 1. The zero-order valence-corrected chi connectivity index (χ0v) is 14.5. The Morgan fingerprint density at radius 3 is 2.23 bits per heavy atom. The van der Waals surface area contributed by atoms with Crippen LogP contribution in [-0.4, -0.2) is 45.2 Å². The zero-order valence-electron chi connectivity index (χ0n) is 13.7. The molecule has 2 atom stereocenters. The van der Waals surface area contributed by atoms with Crippen LogP contribution in [0, 0.1) is 0 Å². The third-order valence-electron chi connectivity index (χ3n) is 3.61. The standard InChI is InChI=1S/C16H26O5S/c1-5-16(3,17)15(21-12-11-20-6-2)13-7-9-14(10-8-13)22(4,18)19/h7-10,15,17H,5-6,11-12H2,1-4H3/t15-,16+/m0/s1. The van der Waals surface area contributed by atoms with Gasteiger partial charge in [-0.1, -0.05) is 19.1 Å². The first kappa shape index (κ1) is 19.1. The minimum atomic E-state index is -3.23. The minimum absolute atomic E-state index is 0.250. The summed E-state index contributed by atoms with van der Waals surface area (Å²) in [6, 6.07) is 6.45. The Bertz CT molecular complexity index is 548. The molecule has 0 aliphatic heterocycles. The van der Waals surface area contributed by atoms with Gasteiger partial charge in [0.15, 0.2) is 9.84 Å². The number of rotatable bonds is 9. The van der Waals surface area contributed by atoms with Gasteiger partial charge in [0.25, 0.3) is 0 Å². The third kappa shape index (κ3) is 5.35. The van der Waals surface area contributed by atoms with E-state index in [2.05, 4.69) is 0 Å². The second kappa shape index (κ2) is 8.06. The van der Waals surface area contributed by atoms with Crippen LogP contribution in [-0.2, 0) is 19.3 Å². The van der Waals surface area contributed by atoms with Crippen molar-refractivity contribution in [1.29, 1.82) is 0 Å². The van der Waals surface area contributed by atoms with Gasteiger partial charge in [-0.2, -0.15) is 0 Å². The quantitative estimate of drug-likeness (QED) is 0.704. The van der Waals surface area contributed by atoms with Gasteiger partial charge in [0.05, 0.1) is 23.7 Å². The van der Waals surface area contributed by atoms with E-state index < -0.39 is 21.5 Å². The number of hydrogen-bond acceptors (Lipinski definition) is 5. The first-order valence-corrected chi connectivity index (χ1v) is 9.33. The summed E-state index contributed by atoms with van der Waals surface area (Å²) in [5.74, 6) is 0. The van der Waals surface area contributed by atoms with E-state index in [1.54, 1.807) is 19.1 Å². The number of sulfone groups is 1. The van der Waals surface area contributed by atoms with Crippen LogP contribution < -0.4 is 0 Å². The minimum Gasteiger partial charge on any atom is -0.387 e. The predicted octanol–water partition coefficient (Wildman–Crippen LogP) is 2.35. The molecular weight excluding hydrogens is 304 g/mol. The van der Waals surface area contributed by atoms with Gasteiger partial charge >= 0.3 is 0 Å². The Balaban J connectivity index is 2.95. The summed E-state index contributed by atoms with van der Waals surface area (Å²) in [7, 11) is -3.23. The summed E-state index contributed by atoms with van der Waals surface area (Å²) in [5.41, 5.74) is -0.297. The fourth-order valence-corrected chi connectivity index (χ4v) is 2.71. The largest absolute Gasteiger partial charge is 0.387 e. The molecule has 0 aromatic heterocycles. The van der Waals surface area contributed by atoms with Gasteiger partial charge in [-0.3, -0.25) is 0 Å². The van der Waals surface area contributed by atoms with Crippen LogP contribution in [0.3, 0.4) is 0 Å². The molecule has 0 aliphatic carbocycles. The van der Waals surface area contributed by atoms with Crippen molar-refractivity contribution in [2.24, 2.45) is 0 Å². The lowest BCUT2D eigenvalue weighted by atomic mass is 9.90. The van der Waals surface area contributed by atoms with Gasteiger partial charge in [-0.05, 0) is 38.0 Å². The predicted molar refractivity (Wildman–Crippen MR) is 85.7 cm³/mol. The van der Waals surface area contributed by atoms with Crippen molar-refractivity contribution < 1.29 is 23.0 Å². The van der Waals surface area contributed by atoms with Crippen molar-refractivity contribution in [3.63, 3.8) is 0 Å². The third-order valence-corrected chi connectivity index (χ3v) is 4.74. The SMILES string of the molecule is CCOCCO[C@@H](c1ccc(S(C)(=O)=O)cc1)[C@](C)(O)CC. The average molecular weight is 330 g/mol. The van der Waals surface area contributed by atoms with E-state index in [1.165, 1.54) is 18.4 Å². The van der Waals surface area contributed by atoms with Gasteiger partial charge in [0, 0.05) is 12.9 Å². The lowest BCUT2D eigenvalue weighted by Crippen LogP contribution is -2.34. The smallest absolute Gasteiger partial charge is 0.175 e. The summed E-state index contributed by atoms with van der Waals surface area (Å²) in [4.78, 5) is 0.250. The van der Waals surface area contributed by atoms with E-state index in [9.17, 15) is 13.5 Å². The van der Waals surface area contributed by atoms with Crippen molar-refractivity contribution in [3.8, 4) is 0 Å². The molecule has 1 rings (SSSR count). The highest BCUT2D eigenvalue weighted by molar-refractivity contribution is 7.90. The molecule has 0 radical (unpaired) electrons. The van der Waals surface area contributed by atoms with Crippen LogP contribution >= 0.6 is 0 Å². The summed E-state index contributed by atoms with van der Waals surface area (Å²) in [6.07, 6.45) is 1.15. The van der Waals surface area contributed by atoms with Crippen LogP contribution in [0.1, 0.15) is 38.9 Å². The Morgan fingerprint density at radius 1 is 1.18 bits per heavy atom. The van der Waals surface area contributed by atoms with Crippen LogP contribution in [0.25, 0.3) is 0 Å². The van der Waals surface area contributed by atoms with Gasteiger partial charge in [0.2, 0.25) is 0 Å². The molecule has 0 bridgehead atoms. The van der Waals surface area contributed by atoms with E-state index in [1.807, 2.05) is 13.8 Å². The first-order chi connectivity index (χ1) is 10.2. The van der Waals surface area contributed by atoms with Crippen molar-refractivity contribution in [2.45, 2.75) is 43.8 Å². The molecule has 126 valence electrons. The molecule has 0 spiro atoms. The molecule has 6 heteroatoms. The van der Waals surface area contributed by atoms with Gasteiger partial charge in [-0.25, -0.2) is 8.42 Å². The summed E-state index contributed by atoms with van der Waals surface area (Å²) in [6.45, 7) is 6.92. The fourth-order valence-electron chi connectivity index (χ4n) is 2.08. The molecule has 1 aromatic carbocycles. The highest BCUT2D eigenvalue weighted by atomic mass is 32.2. The van der Waals surface area contributed by atoms with Gasteiger partial charge in [-0.15, -0.1) is 0 Å². The molecule has 0 unspecified atom stereocenters. The second-order valence-corrected chi connectivity index (χ2v) is 7.52. The molecule has 22 heavy (non-hydrogen) atoms. The Kier molecular flexibility index (Phi) is 6.99. The van der Waals surface area contributed by atoms with Crippen molar-refractivity contribution in [1.82, 2.24) is 0 Å². The summed E-state index contributed by atoms with van der Waals surface area (Å²) >= 11 is 0. The van der Waals surface area contributed by atoms with Crippen LogP contribution in [0.5, 0.6) is 0 Å². The zero-order chi connectivity index (χ0) is 16.8. The first-order valence-electron chi connectivity index (χ1n) is 7.44. The van der Waals surface area contributed by atoms with Crippen LogP contribution in [0.4, 0.5) is 0 Å². The molecule has 5 nitrogen and oxygen atoms in total. The van der Waals surface area contributed by atoms with Gasteiger partial charge < -0.3 is 14.6 Å². The summed E-state index contributed by atoms with van der Waals surface area (Å²) < 4.78 is 34.1. The highest BCUT2D eigenvalue weighted by Gasteiger charge is 2.32. The van der Waals surface area contributed by atoms with E-state index in [0.717, 1.165) is 5.56 Å². The molecule has 1 N–H and O–H groups in total. The number of aliphatic hydroxyl groups is 1.